The van der Waals surface area contributed by atoms with E-state index in [0.29, 0.717) is 6.07 Å². The molecule has 0 aromatic heterocycles. The number of rotatable bonds is 1. The van der Waals surface area contributed by atoms with E-state index in [1.807, 2.05) is 0 Å². The van der Waals surface area contributed by atoms with Gasteiger partial charge in [-0.1, -0.05) is 6.07 Å². The second-order valence-electron chi connectivity index (χ2n) is 2.76. The van der Waals surface area contributed by atoms with Crippen molar-refractivity contribution in [1.82, 2.24) is 0 Å². The molecule has 0 aliphatic carbocycles. The zero-order chi connectivity index (χ0) is 11.9. The SMILES string of the molecule is Nc1c(C(F)(F)F)cccc1S(N)(=O)=O. The fourth-order valence-corrected chi connectivity index (χ4v) is 1.72. The maximum atomic E-state index is 12.3. The number of nitrogen functional groups attached to an aromatic ring is 1. The molecular formula is C7H7F3N2O2S. The first-order valence-corrected chi connectivity index (χ1v) is 5.17. The highest BCUT2D eigenvalue weighted by atomic mass is 32.2. The van der Waals surface area contributed by atoms with Gasteiger partial charge in [0.05, 0.1) is 11.3 Å². The Morgan fingerprint density at radius 1 is 1.20 bits per heavy atom. The summed E-state index contributed by atoms with van der Waals surface area (Å²) in [6, 6.07) is 2.53. The lowest BCUT2D eigenvalue weighted by Crippen LogP contribution is -2.17. The van der Waals surface area contributed by atoms with Crippen molar-refractivity contribution in [3.05, 3.63) is 23.8 Å². The van der Waals surface area contributed by atoms with Gasteiger partial charge < -0.3 is 5.73 Å². The monoisotopic (exact) mass is 240 g/mol. The van der Waals surface area contributed by atoms with Crippen LogP contribution >= 0.6 is 0 Å². The largest absolute Gasteiger partial charge is 0.418 e. The van der Waals surface area contributed by atoms with Crippen molar-refractivity contribution in [3.8, 4) is 0 Å². The predicted molar refractivity (Wildman–Crippen MR) is 47.2 cm³/mol. The summed E-state index contributed by atoms with van der Waals surface area (Å²) in [6.07, 6.45) is -4.70. The van der Waals surface area contributed by atoms with Gasteiger partial charge in [0.25, 0.3) is 0 Å². The Morgan fingerprint density at radius 2 is 1.73 bits per heavy atom. The second-order valence-corrected chi connectivity index (χ2v) is 4.29. The smallest absolute Gasteiger partial charge is 0.397 e. The van der Waals surface area contributed by atoms with Crippen LogP contribution in [0.25, 0.3) is 0 Å². The first-order chi connectivity index (χ1) is 6.64. The highest BCUT2D eigenvalue weighted by Gasteiger charge is 2.34. The maximum absolute atomic E-state index is 12.3. The zero-order valence-electron chi connectivity index (χ0n) is 7.25. The molecule has 0 atom stereocenters. The molecule has 1 aromatic carbocycles. The van der Waals surface area contributed by atoms with E-state index >= 15 is 0 Å². The van der Waals surface area contributed by atoms with E-state index < -0.39 is 32.3 Å². The lowest BCUT2D eigenvalue weighted by molar-refractivity contribution is -0.137. The molecule has 0 aliphatic rings. The molecule has 0 saturated heterocycles. The molecule has 0 radical (unpaired) electrons. The molecule has 15 heavy (non-hydrogen) atoms. The van der Waals surface area contributed by atoms with Crippen molar-refractivity contribution in [2.24, 2.45) is 5.14 Å². The minimum atomic E-state index is -4.70. The van der Waals surface area contributed by atoms with Crippen molar-refractivity contribution < 1.29 is 21.6 Å². The molecule has 4 nitrogen and oxygen atoms in total. The van der Waals surface area contributed by atoms with Crippen molar-refractivity contribution in [2.75, 3.05) is 5.73 Å². The molecule has 0 bridgehead atoms. The lowest BCUT2D eigenvalue weighted by Gasteiger charge is -2.11. The number of hydrogen-bond donors (Lipinski definition) is 2. The Balaban J connectivity index is 3.51. The third kappa shape index (κ3) is 2.39. The first kappa shape index (κ1) is 11.8. The summed E-state index contributed by atoms with van der Waals surface area (Å²) in [5.41, 5.74) is 2.98. The van der Waals surface area contributed by atoms with Crippen LogP contribution in [0.2, 0.25) is 0 Å². The van der Waals surface area contributed by atoms with Crippen molar-refractivity contribution in [2.45, 2.75) is 11.1 Å². The molecule has 0 amide bonds. The number of benzene rings is 1. The van der Waals surface area contributed by atoms with E-state index in [4.69, 9.17) is 10.9 Å². The van der Waals surface area contributed by atoms with E-state index in [-0.39, 0.29) is 0 Å². The van der Waals surface area contributed by atoms with E-state index in [1.165, 1.54) is 0 Å². The minimum Gasteiger partial charge on any atom is -0.397 e. The molecular weight excluding hydrogens is 233 g/mol. The second kappa shape index (κ2) is 3.38. The van der Waals surface area contributed by atoms with Crippen LogP contribution in [0, 0.1) is 0 Å². The number of anilines is 1. The van der Waals surface area contributed by atoms with Crippen LogP contribution in [0.1, 0.15) is 5.56 Å². The minimum absolute atomic E-state index is 0.685. The summed E-state index contributed by atoms with van der Waals surface area (Å²) in [6.45, 7) is 0. The Bertz CT molecular complexity index is 481. The summed E-state index contributed by atoms with van der Waals surface area (Å²) < 4.78 is 58.6. The normalized spacial score (nSPS) is 12.8. The Kier molecular flexibility index (Phi) is 2.66. The van der Waals surface area contributed by atoms with Gasteiger partial charge in [-0.15, -0.1) is 0 Å². The lowest BCUT2D eigenvalue weighted by atomic mass is 10.2. The first-order valence-electron chi connectivity index (χ1n) is 3.62. The topological polar surface area (TPSA) is 86.2 Å². The van der Waals surface area contributed by atoms with Gasteiger partial charge in [-0.2, -0.15) is 13.2 Å². The molecule has 8 heteroatoms. The molecule has 0 aliphatic heterocycles. The summed E-state index contributed by atoms with van der Waals surface area (Å²) in [4.78, 5) is -0.725. The molecule has 0 heterocycles. The van der Waals surface area contributed by atoms with Crippen LogP contribution in [0.15, 0.2) is 23.1 Å². The quantitative estimate of drug-likeness (QED) is 0.716. The highest BCUT2D eigenvalue weighted by molar-refractivity contribution is 7.89. The highest BCUT2D eigenvalue weighted by Crippen LogP contribution is 2.35. The number of sulfonamides is 1. The van der Waals surface area contributed by atoms with Gasteiger partial charge in [0.15, 0.2) is 0 Å². The van der Waals surface area contributed by atoms with Crippen LogP contribution in [0.4, 0.5) is 18.9 Å². The van der Waals surface area contributed by atoms with Crippen LogP contribution in [-0.2, 0) is 16.2 Å². The van der Waals surface area contributed by atoms with Crippen molar-refractivity contribution >= 4 is 15.7 Å². The predicted octanol–water partition coefficient (Wildman–Crippen LogP) is 0.935. The number of halogens is 3. The van der Waals surface area contributed by atoms with Crippen molar-refractivity contribution in [1.29, 1.82) is 0 Å². The van der Waals surface area contributed by atoms with Gasteiger partial charge in [-0.3, -0.25) is 0 Å². The van der Waals surface area contributed by atoms with Gasteiger partial charge >= 0.3 is 6.18 Å². The standard InChI is InChI=1S/C7H7F3N2O2S/c8-7(9,10)4-2-1-3-5(6(4)11)15(12,13)14/h1-3H,11H2,(H2,12,13,14). The molecule has 0 spiro atoms. The molecule has 84 valence electrons. The third-order valence-electron chi connectivity index (χ3n) is 1.68. The number of para-hydroxylation sites is 1. The molecule has 1 rings (SSSR count). The maximum Gasteiger partial charge on any atom is 0.418 e. The summed E-state index contributed by atoms with van der Waals surface area (Å²) in [7, 11) is -4.24. The van der Waals surface area contributed by atoms with Crippen molar-refractivity contribution in [3.63, 3.8) is 0 Å². The van der Waals surface area contributed by atoms with E-state index in [2.05, 4.69) is 0 Å². The van der Waals surface area contributed by atoms with E-state index in [9.17, 15) is 21.6 Å². The number of primary sulfonamides is 1. The molecule has 0 unspecified atom stereocenters. The van der Waals surface area contributed by atoms with E-state index in [0.717, 1.165) is 12.1 Å². The van der Waals surface area contributed by atoms with Gasteiger partial charge in [0, 0.05) is 0 Å². The number of nitrogens with two attached hydrogens (primary N) is 2. The fourth-order valence-electron chi connectivity index (χ4n) is 1.04. The molecule has 1 aromatic rings. The van der Waals surface area contributed by atoms with E-state index in [1.54, 1.807) is 0 Å². The molecule has 4 N–H and O–H groups in total. The number of alkyl halides is 3. The third-order valence-corrected chi connectivity index (χ3v) is 2.65. The Morgan fingerprint density at radius 3 is 2.13 bits per heavy atom. The van der Waals surface area contributed by atoms with Crippen LogP contribution in [0.3, 0.4) is 0 Å². The number of hydrogen-bond acceptors (Lipinski definition) is 3. The average molecular weight is 240 g/mol. The van der Waals surface area contributed by atoms with Gasteiger partial charge in [-0.25, -0.2) is 13.6 Å². The Labute approximate surface area is 83.7 Å². The molecule has 0 saturated carbocycles. The summed E-state index contributed by atoms with van der Waals surface area (Å²) in [5, 5.41) is 4.69. The van der Waals surface area contributed by atoms with Gasteiger partial charge in [-0.05, 0) is 12.1 Å². The van der Waals surface area contributed by atoms with Crippen LogP contribution < -0.4 is 10.9 Å². The molecule has 0 fully saturated rings. The van der Waals surface area contributed by atoms with Crippen LogP contribution in [-0.4, -0.2) is 8.42 Å². The zero-order valence-corrected chi connectivity index (χ0v) is 8.06. The summed E-state index contributed by atoms with van der Waals surface area (Å²) >= 11 is 0. The Hall–Kier alpha value is -1.28. The average Bonchev–Trinajstić information content (AvgIpc) is 1.99. The van der Waals surface area contributed by atoms with Gasteiger partial charge in [0.2, 0.25) is 10.0 Å². The van der Waals surface area contributed by atoms with Gasteiger partial charge in [0.1, 0.15) is 4.90 Å². The fraction of sp³-hybridized carbons (Fsp3) is 0.143. The van der Waals surface area contributed by atoms with Crippen LogP contribution in [0.5, 0.6) is 0 Å². The summed E-state index contributed by atoms with van der Waals surface area (Å²) in [5.74, 6) is 0.